The molecule has 0 radical (unpaired) electrons. The molecule has 3 aromatic carbocycles. The summed E-state index contributed by atoms with van der Waals surface area (Å²) in [6.45, 7) is 9.40. The average Bonchev–Trinajstić information content (AvgIpc) is 3.13. The Labute approximate surface area is 207 Å². The van der Waals surface area contributed by atoms with Crippen LogP contribution in [0.25, 0.3) is 15.0 Å². The van der Waals surface area contributed by atoms with Gasteiger partial charge in [-0.1, -0.05) is 12.1 Å². The number of nitro groups is 1. The van der Waals surface area contributed by atoms with Gasteiger partial charge in [0.1, 0.15) is 11.4 Å². The van der Waals surface area contributed by atoms with E-state index in [2.05, 4.69) is 49.4 Å². The van der Waals surface area contributed by atoms with E-state index in [4.69, 9.17) is 9.47 Å². The van der Waals surface area contributed by atoms with Gasteiger partial charge in [-0.15, -0.1) is 0 Å². The van der Waals surface area contributed by atoms with Crippen molar-refractivity contribution >= 4 is 32.2 Å². The molecule has 1 aromatic heterocycles. The number of nitrogens with zero attached hydrogens (tertiary/aromatic N) is 1. The Balaban J connectivity index is 1.48. The number of thiophene rings is 1. The molecule has 0 spiro atoms. The van der Waals surface area contributed by atoms with E-state index >= 15 is 0 Å². The summed E-state index contributed by atoms with van der Waals surface area (Å²) in [5.74, 6) is 0.165. The summed E-state index contributed by atoms with van der Waals surface area (Å²) < 4.78 is 12.9. The van der Waals surface area contributed by atoms with Crippen LogP contribution in [0.1, 0.15) is 35.4 Å². The molecule has 0 aliphatic heterocycles. The van der Waals surface area contributed by atoms with Crippen molar-refractivity contribution in [2.24, 2.45) is 0 Å². The molecule has 0 aliphatic carbocycles. The van der Waals surface area contributed by atoms with Crippen LogP contribution in [0.2, 0.25) is 0 Å². The van der Waals surface area contributed by atoms with Crippen LogP contribution in [0, 0.1) is 30.9 Å². The molecule has 1 heterocycles. The number of carbonyl (C=O) groups excluding carboxylic acids is 1. The molecule has 0 aliphatic rings. The van der Waals surface area contributed by atoms with E-state index in [0.717, 1.165) is 11.1 Å². The molecule has 4 rings (SSSR count). The number of nitro benzene ring substituents is 1. The standard InChI is InChI=1S/C28H28NO5S/c1-18-14-24(35-20(3)16-21-8-6-7-9-25(21)35)15-19(2)27(18)33-17-26(30)34-28(4,5)22-10-12-23(13-11-22)29(31)32/h6-16H,17H2,1-5H3/q+1. The van der Waals surface area contributed by atoms with Gasteiger partial charge < -0.3 is 9.47 Å². The van der Waals surface area contributed by atoms with Crippen molar-refractivity contribution in [1.82, 2.24) is 0 Å². The van der Waals surface area contributed by atoms with Crippen LogP contribution >= 0.6 is 10.5 Å². The van der Waals surface area contributed by atoms with Crippen LogP contribution in [-0.4, -0.2) is 17.5 Å². The largest absolute Gasteiger partial charge is 0.481 e. The number of hydrogen-bond acceptors (Lipinski definition) is 5. The van der Waals surface area contributed by atoms with Gasteiger partial charge in [-0.25, -0.2) is 4.79 Å². The highest BCUT2D eigenvalue weighted by molar-refractivity contribution is 7.45. The Morgan fingerprint density at radius 3 is 2.23 bits per heavy atom. The number of carbonyl (C=O) groups is 1. The van der Waals surface area contributed by atoms with Gasteiger partial charge in [0.2, 0.25) is 0 Å². The fraction of sp³-hybridized carbons (Fsp3) is 0.250. The topological polar surface area (TPSA) is 78.7 Å². The number of esters is 1. The van der Waals surface area contributed by atoms with E-state index in [1.54, 1.807) is 26.0 Å². The fourth-order valence-corrected chi connectivity index (χ4v) is 6.68. The van der Waals surface area contributed by atoms with Gasteiger partial charge in [-0.3, -0.25) is 10.1 Å². The summed E-state index contributed by atoms with van der Waals surface area (Å²) in [6.07, 6.45) is 0. The second-order valence-corrected chi connectivity index (χ2v) is 11.2. The monoisotopic (exact) mass is 490 g/mol. The van der Waals surface area contributed by atoms with Crippen molar-refractivity contribution in [2.45, 2.75) is 40.2 Å². The lowest BCUT2D eigenvalue weighted by atomic mass is 9.98. The molecule has 0 amide bonds. The van der Waals surface area contributed by atoms with E-state index in [1.165, 1.54) is 32.0 Å². The maximum Gasteiger partial charge on any atom is 0.345 e. The zero-order valence-corrected chi connectivity index (χ0v) is 21.3. The molecule has 6 nitrogen and oxygen atoms in total. The first-order valence-corrected chi connectivity index (χ1v) is 12.5. The Kier molecular flexibility index (Phi) is 6.63. The molecule has 0 N–H and O–H groups in total. The Bertz CT molecular complexity index is 1400. The number of aryl methyl sites for hydroxylation is 3. The van der Waals surface area contributed by atoms with Crippen LogP contribution in [0.3, 0.4) is 0 Å². The Morgan fingerprint density at radius 1 is 0.971 bits per heavy atom. The van der Waals surface area contributed by atoms with Gasteiger partial charge >= 0.3 is 5.97 Å². The lowest BCUT2D eigenvalue weighted by Crippen LogP contribution is -2.28. The summed E-state index contributed by atoms with van der Waals surface area (Å²) >= 11 is 0. The number of hydrogen-bond donors (Lipinski definition) is 0. The second-order valence-electron chi connectivity index (χ2n) is 9.06. The van der Waals surface area contributed by atoms with Crippen molar-refractivity contribution in [1.29, 1.82) is 0 Å². The third-order valence-corrected chi connectivity index (χ3v) is 8.25. The third-order valence-electron chi connectivity index (χ3n) is 5.97. The van der Waals surface area contributed by atoms with Gasteiger partial charge in [0.25, 0.3) is 5.69 Å². The summed E-state index contributed by atoms with van der Waals surface area (Å²) in [4.78, 5) is 25.6. The highest BCUT2D eigenvalue weighted by Crippen LogP contribution is 2.45. The lowest BCUT2D eigenvalue weighted by Gasteiger charge is -2.25. The lowest BCUT2D eigenvalue weighted by molar-refractivity contribution is -0.384. The normalized spacial score (nSPS) is 12.0. The molecule has 1 atom stereocenters. The molecule has 0 saturated carbocycles. The highest BCUT2D eigenvalue weighted by atomic mass is 32.2. The second kappa shape index (κ2) is 9.50. The molecular weight excluding hydrogens is 462 g/mol. The molecule has 180 valence electrons. The Morgan fingerprint density at radius 2 is 1.60 bits per heavy atom. The van der Waals surface area contributed by atoms with E-state index in [0.29, 0.717) is 11.3 Å². The zero-order chi connectivity index (χ0) is 25.3. The highest BCUT2D eigenvalue weighted by Gasteiger charge is 2.27. The van der Waals surface area contributed by atoms with Gasteiger partial charge in [0.05, 0.1) is 4.92 Å². The average molecular weight is 491 g/mol. The van der Waals surface area contributed by atoms with Crippen molar-refractivity contribution in [2.75, 3.05) is 6.61 Å². The van der Waals surface area contributed by atoms with Crippen LogP contribution in [0.4, 0.5) is 5.69 Å². The number of benzene rings is 3. The predicted octanol–water partition coefficient (Wildman–Crippen LogP) is 7.27. The predicted molar refractivity (Wildman–Crippen MR) is 140 cm³/mol. The number of rotatable bonds is 7. The number of fused-ring (bicyclic) bond motifs is 1. The molecule has 0 saturated heterocycles. The number of non-ortho nitro benzene ring substituents is 1. The molecule has 4 aromatic rings. The van der Waals surface area contributed by atoms with Gasteiger partial charge in [0, 0.05) is 53.1 Å². The summed E-state index contributed by atoms with van der Waals surface area (Å²) in [7, 11) is -0.119. The smallest absolute Gasteiger partial charge is 0.345 e. The minimum Gasteiger partial charge on any atom is -0.481 e. The molecule has 7 heteroatoms. The first-order chi connectivity index (χ1) is 16.6. The van der Waals surface area contributed by atoms with Gasteiger partial charge in [-0.2, -0.15) is 0 Å². The van der Waals surface area contributed by atoms with Crippen molar-refractivity contribution < 1.29 is 19.2 Å². The minimum absolute atomic E-state index is 0.0130. The van der Waals surface area contributed by atoms with Crippen molar-refractivity contribution in [3.05, 3.63) is 98.4 Å². The molecule has 35 heavy (non-hydrogen) atoms. The third kappa shape index (κ3) is 5.05. The SMILES string of the molecule is Cc1cc(-[s+]2c(C)cc3ccccc32)cc(C)c1OCC(=O)OC(C)(C)c1ccc([N+](=O)[O-])cc1. The van der Waals surface area contributed by atoms with Crippen LogP contribution in [0.5, 0.6) is 5.75 Å². The quantitative estimate of drug-likeness (QED) is 0.118. The zero-order valence-electron chi connectivity index (χ0n) is 20.5. The first-order valence-electron chi connectivity index (χ1n) is 11.3. The van der Waals surface area contributed by atoms with Crippen molar-refractivity contribution in [3.63, 3.8) is 0 Å². The van der Waals surface area contributed by atoms with Crippen LogP contribution in [-0.2, 0) is 15.1 Å². The maximum atomic E-state index is 12.6. The summed E-state index contributed by atoms with van der Waals surface area (Å²) in [5, 5.41) is 12.1. The number of ether oxygens (including phenoxy) is 2. The molecule has 1 unspecified atom stereocenters. The van der Waals surface area contributed by atoms with Crippen LogP contribution < -0.4 is 4.74 Å². The van der Waals surface area contributed by atoms with E-state index < -0.39 is 16.5 Å². The fourth-order valence-electron chi connectivity index (χ4n) is 4.29. The van der Waals surface area contributed by atoms with Gasteiger partial charge in [0.15, 0.2) is 21.1 Å². The molecule has 0 fully saturated rings. The minimum atomic E-state index is -0.954. The molecule has 0 bridgehead atoms. The summed E-state index contributed by atoms with van der Waals surface area (Å²) in [5.41, 5.74) is 1.62. The molecular formula is C28H28NO5S+. The van der Waals surface area contributed by atoms with E-state index in [9.17, 15) is 14.9 Å². The summed E-state index contributed by atoms with van der Waals surface area (Å²) in [6, 6.07) is 21.0. The van der Waals surface area contributed by atoms with Gasteiger partial charge in [-0.05, 0) is 68.7 Å². The van der Waals surface area contributed by atoms with Crippen molar-refractivity contribution in [3.8, 4) is 10.6 Å². The van der Waals surface area contributed by atoms with E-state index in [1.807, 2.05) is 13.8 Å². The Hall–Kier alpha value is -3.71. The van der Waals surface area contributed by atoms with E-state index in [-0.39, 0.29) is 22.8 Å². The van der Waals surface area contributed by atoms with Crippen LogP contribution in [0.15, 0.2) is 66.7 Å². The first kappa shape index (κ1) is 24.4. The maximum absolute atomic E-state index is 12.6.